The van der Waals surface area contributed by atoms with Gasteiger partial charge in [-0.2, -0.15) is 0 Å². The van der Waals surface area contributed by atoms with E-state index in [1.165, 1.54) is 0 Å². The number of nitrogens with one attached hydrogen (secondary N) is 1. The summed E-state index contributed by atoms with van der Waals surface area (Å²) in [7, 11) is 1.57. The van der Waals surface area contributed by atoms with Crippen molar-refractivity contribution < 1.29 is 9.53 Å². The smallest absolute Gasteiger partial charge is 0.252 e. The van der Waals surface area contributed by atoms with E-state index in [1.54, 1.807) is 19.4 Å². The Kier molecular flexibility index (Phi) is 4.93. The number of hydrogen-bond donors (Lipinski definition) is 1. The normalized spacial score (nSPS) is 10.9. The number of carbonyl (C=O) groups excluding carboxylic acids is 1. The number of aromatic nitrogens is 2. The van der Waals surface area contributed by atoms with Crippen LogP contribution in [0.25, 0.3) is 10.9 Å². The summed E-state index contributed by atoms with van der Waals surface area (Å²) < 4.78 is 5.04. The first kappa shape index (κ1) is 16.9. The molecule has 3 aromatic rings. The highest BCUT2D eigenvalue weighted by molar-refractivity contribution is 6.06. The molecule has 0 bridgehead atoms. The Morgan fingerprint density at radius 3 is 2.68 bits per heavy atom. The third-order valence-corrected chi connectivity index (χ3v) is 4.03. The van der Waals surface area contributed by atoms with Gasteiger partial charge >= 0.3 is 0 Å². The highest BCUT2D eigenvalue weighted by Gasteiger charge is 2.14. The van der Waals surface area contributed by atoms with E-state index in [0.29, 0.717) is 18.0 Å². The Bertz CT molecular complexity index is 889. The van der Waals surface area contributed by atoms with Crippen LogP contribution in [0.1, 0.15) is 41.4 Å². The van der Waals surface area contributed by atoms with Gasteiger partial charge in [-0.05, 0) is 23.6 Å². The van der Waals surface area contributed by atoms with E-state index < -0.39 is 0 Å². The van der Waals surface area contributed by atoms with E-state index in [-0.39, 0.29) is 11.8 Å². The fourth-order valence-electron chi connectivity index (χ4n) is 2.59. The van der Waals surface area contributed by atoms with Crippen LogP contribution < -0.4 is 10.1 Å². The summed E-state index contributed by atoms with van der Waals surface area (Å²) in [6.45, 7) is 4.55. The van der Waals surface area contributed by atoms with Crippen molar-refractivity contribution in [3.63, 3.8) is 0 Å². The third kappa shape index (κ3) is 3.76. The Labute approximate surface area is 147 Å². The molecule has 0 atom stereocenters. The molecule has 0 aliphatic carbocycles. The molecule has 3 rings (SSSR count). The first-order valence-corrected chi connectivity index (χ1v) is 8.25. The van der Waals surface area contributed by atoms with Crippen molar-refractivity contribution in [1.82, 2.24) is 15.3 Å². The molecule has 0 saturated heterocycles. The molecule has 0 aliphatic heterocycles. The highest BCUT2D eigenvalue weighted by atomic mass is 16.5. The van der Waals surface area contributed by atoms with Gasteiger partial charge in [0.25, 0.3) is 5.91 Å². The predicted octanol–water partition coefficient (Wildman–Crippen LogP) is 3.69. The molecule has 1 aromatic carbocycles. The van der Waals surface area contributed by atoms with Crippen LogP contribution in [-0.2, 0) is 6.54 Å². The Morgan fingerprint density at radius 2 is 2.00 bits per heavy atom. The SMILES string of the molecule is COc1ccc(CNC(=O)c2cc(C(C)C)nc3ccccc23)cn1. The summed E-state index contributed by atoms with van der Waals surface area (Å²) in [6.07, 6.45) is 1.70. The molecule has 5 nitrogen and oxygen atoms in total. The summed E-state index contributed by atoms with van der Waals surface area (Å²) in [5.41, 5.74) is 3.31. The summed E-state index contributed by atoms with van der Waals surface area (Å²) in [5, 5.41) is 3.82. The standard InChI is InChI=1S/C20H21N3O2/c1-13(2)18-10-16(15-6-4-5-7-17(15)23-18)20(24)22-12-14-8-9-19(25-3)21-11-14/h4-11,13H,12H2,1-3H3,(H,22,24). The second kappa shape index (κ2) is 7.30. The van der Waals surface area contributed by atoms with Crippen LogP contribution in [0.4, 0.5) is 0 Å². The molecule has 2 aromatic heterocycles. The lowest BCUT2D eigenvalue weighted by atomic mass is 10.0. The van der Waals surface area contributed by atoms with Gasteiger partial charge in [0.15, 0.2) is 0 Å². The second-order valence-electron chi connectivity index (χ2n) is 6.16. The number of pyridine rings is 2. The van der Waals surface area contributed by atoms with Gasteiger partial charge in [-0.15, -0.1) is 0 Å². The van der Waals surface area contributed by atoms with Crippen LogP contribution in [-0.4, -0.2) is 23.0 Å². The number of methoxy groups -OCH3 is 1. The molecule has 128 valence electrons. The molecule has 0 fully saturated rings. The van der Waals surface area contributed by atoms with Crippen molar-refractivity contribution in [2.75, 3.05) is 7.11 Å². The Balaban J connectivity index is 1.85. The molecular formula is C20H21N3O2. The van der Waals surface area contributed by atoms with Gasteiger partial charge in [0.1, 0.15) is 0 Å². The number of rotatable bonds is 5. The van der Waals surface area contributed by atoms with E-state index >= 15 is 0 Å². The van der Waals surface area contributed by atoms with Gasteiger partial charge < -0.3 is 10.1 Å². The largest absolute Gasteiger partial charge is 0.481 e. The number of ether oxygens (including phenoxy) is 1. The lowest BCUT2D eigenvalue weighted by Gasteiger charge is -2.12. The number of fused-ring (bicyclic) bond motifs is 1. The van der Waals surface area contributed by atoms with E-state index in [1.807, 2.05) is 36.4 Å². The molecule has 0 aliphatic rings. The van der Waals surface area contributed by atoms with Crippen LogP contribution >= 0.6 is 0 Å². The number of amides is 1. The number of benzene rings is 1. The summed E-state index contributed by atoms with van der Waals surface area (Å²) in [4.78, 5) is 21.5. The van der Waals surface area contributed by atoms with Crippen molar-refractivity contribution >= 4 is 16.8 Å². The quantitative estimate of drug-likeness (QED) is 0.772. The van der Waals surface area contributed by atoms with Crippen molar-refractivity contribution in [3.8, 4) is 5.88 Å². The van der Waals surface area contributed by atoms with E-state index in [0.717, 1.165) is 22.2 Å². The van der Waals surface area contributed by atoms with Crippen LogP contribution in [0.2, 0.25) is 0 Å². The highest BCUT2D eigenvalue weighted by Crippen LogP contribution is 2.22. The maximum Gasteiger partial charge on any atom is 0.252 e. The monoisotopic (exact) mass is 335 g/mol. The Hall–Kier alpha value is -2.95. The molecule has 25 heavy (non-hydrogen) atoms. The van der Waals surface area contributed by atoms with E-state index in [4.69, 9.17) is 4.74 Å². The van der Waals surface area contributed by atoms with E-state index in [9.17, 15) is 4.79 Å². The average Bonchev–Trinajstić information content (AvgIpc) is 2.65. The average molecular weight is 335 g/mol. The van der Waals surface area contributed by atoms with Gasteiger partial charge in [-0.3, -0.25) is 9.78 Å². The molecular weight excluding hydrogens is 314 g/mol. The van der Waals surface area contributed by atoms with Crippen molar-refractivity contribution in [2.45, 2.75) is 26.3 Å². The van der Waals surface area contributed by atoms with Crippen molar-refractivity contribution in [2.24, 2.45) is 0 Å². The number of para-hydroxylation sites is 1. The zero-order valence-corrected chi connectivity index (χ0v) is 14.6. The fraction of sp³-hybridized carbons (Fsp3) is 0.250. The molecule has 1 amide bonds. The Morgan fingerprint density at radius 1 is 1.20 bits per heavy atom. The third-order valence-electron chi connectivity index (χ3n) is 4.03. The first-order chi connectivity index (χ1) is 12.1. The lowest BCUT2D eigenvalue weighted by Crippen LogP contribution is -2.23. The molecule has 0 saturated carbocycles. The van der Waals surface area contributed by atoms with Crippen LogP contribution in [0.5, 0.6) is 5.88 Å². The predicted molar refractivity (Wildman–Crippen MR) is 97.8 cm³/mol. The molecule has 0 spiro atoms. The van der Waals surface area contributed by atoms with Crippen LogP contribution in [0, 0.1) is 0 Å². The molecule has 0 unspecified atom stereocenters. The van der Waals surface area contributed by atoms with Crippen LogP contribution in [0.15, 0.2) is 48.7 Å². The summed E-state index contributed by atoms with van der Waals surface area (Å²) >= 11 is 0. The van der Waals surface area contributed by atoms with Crippen LogP contribution in [0.3, 0.4) is 0 Å². The topological polar surface area (TPSA) is 64.1 Å². The van der Waals surface area contributed by atoms with Gasteiger partial charge in [0.05, 0.1) is 18.2 Å². The second-order valence-corrected chi connectivity index (χ2v) is 6.16. The zero-order valence-electron chi connectivity index (χ0n) is 14.6. The minimum Gasteiger partial charge on any atom is -0.481 e. The minimum absolute atomic E-state index is 0.115. The number of nitrogens with zero attached hydrogens (tertiary/aromatic N) is 2. The first-order valence-electron chi connectivity index (χ1n) is 8.25. The van der Waals surface area contributed by atoms with Crippen molar-refractivity contribution in [1.29, 1.82) is 0 Å². The molecule has 2 heterocycles. The lowest BCUT2D eigenvalue weighted by molar-refractivity contribution is 0.0952. The maximum atomic E-state index is 12.7. The minimum atomic E-state index is -0.115. The van der Waals surface area contributed by atoms with E-state index in [2.05, 4.69) is 29.1 Å². The fourth-order valence-corrected chi connectivity index (χ4v) is 2.59. The van der Waals surface area contributed by atoms with Gasteiger partial charge in [-0.25, -0.2) is 4.98 Å². The summed E-state index contributed by atoms with van der Waals surface area (Å²) in [5.74, 6) is 0.690. The molecule has 5 heteroatoms. The molecule has 0 radical (unpaired) electrons. The van der Waals surface area contributed by atoms with Gasteiger partial charge in [0, 0.05) is 29.9 Å². The van der Waals surface area contributed by atoms with Crippen molar-refractivity contribution in [3.05, 3.63) is 65.5 Å². The summed E-state index contributed by atoms with van der Waals surface area (Å²) in [6, 6.07) is 13.3. The number of carbonyl (C=O) groups is 1. The van der Waals surface area contributed by atoms with Gasteiger partial charge in [0.2, 0.25) is 5.88 Å². The number of hydrogen-bond acceptors (Lipinski definition) is 4. The molecule has 1 N–H and O–H groups in total. The van der Waals surface area contributed by atoms with Gasteiger partial charge in [-0.1, -0.05) is 38.1 Å². The maximum absolute atomic E-state index is 12.7. The zero-order chi connectivity index (χ0) is 17.8.